The number of carboxylic acid groups (broad SMARTS) is 2. The van der Waals surface area contributed by atoms with Crippen LogP contribution in [-0.2, 0) is 32.0 Å². The maximum absolute atomic E-state index is 12.1. The lowest BCUT2D eigenvalue weighted by atomic mass is 10.0. The van der Waals surface area contributed by atoms with Gasteiger partial charge in [0.2, 0.25) is 11.8 Å². The van der Waals surface area contributed by atoms with Crippen LogP contribution in [0.2, 0.25) is 0 Å². The number of carbonyl (C=O) groups excluding carboxylic acids is 2. The zero-order valence-corrected chi connectivity index (χ0v) is 19.9. The van der Waals surface area contributed by atoms with Crippen LogP contribution in [0.3, 0.4) is 0 Å². The minimum Gasteiger partial charge on any atom is -0.508 e. The first kappa shape index (κ1) is 28.2. The monoisotopic (exact) mass is 500 g/mol. The second kappa shape index (κ2) is 14.3. The van der Waals surface area contributed by atoms with E-state index in [0.717, 1.165) is 0 Å². The number of unbranched alkanes of at least 4 members (excludes halogenated alkanes) is 3. The van der Waals surface area contributed by atoms with Gasteiger partial charge < -0.3 is 31.1 Å². The first-order valence-corrected chi connectivity index (χ1v) is 11.7. The van der Waals surface area contributed by atoms with Crippen molar-refractivity contribution in [2.24, 2.45) is 0 Å². The van der Waals surface area contributed by atoms with E-state index < -0.39 is 24.0 Å². The zero-order chi connectivity index (χ0) is 26.5. The molecule has 0 spiro atoms. The van der Waals surface area contributed by atoms with Crippen molar-refractivity contribution in [2.45, 2.75) is 63.5 Å². The molecule has 0 aromatic heterocycles. The highest BCUT2D eigenvalue weighted by molar-refractivity contribution is 5.84. The van der Waals surface area contributed by atoms with E-state index in [9.17, 15) is 39.6 Å². The molecule has 2 aromatic rings. The van der Waals surface area contributed by atoms with Gasteiger partial charge in [0.05, 0.1) is 0 Å². The Bertz CT molecular complexity index is 938. The molecule has 6 N–H and O–H groups in total. The number of hydrogen-bond donors (Lipinski definition) is 6. The molecule has 2 atom stereocenters. The number of nitrogens with one attached hydrogen (secondary N) is 2. The summed E-state index contributed by atoms with van der Waals surface area (Å²) in [5.41, 5.74) is 1.35. The fourth-order valence-corrected chi connectivity index (χ4v) is 3.59. The maximum atomic E-state index is 12.1. The highest BCUT2D eigenvalue weighted by Gasteiger charge is 2.21. The molecule has 36 heavy (non-hydrogen) atoms. The molecule has 0 unspecified atom stereocenters. The van der Waals surface area contributed by atoms with Gasteiger partial charge in [0.25, 0.3) is 0 Å². The van der Waals surface area contributed by atoms with E-state index in [1.807, 2.05) is 0 Å². The Morgan fingerprint density at radius 3 is 1.22 bits per heavy atom. The van der Waals surface area contributed by atoms with Crippen LogP contribution in [0.1, 0.15) is 49.7 Å². The summed E-state index contributed by atoms with van der Waals surface area (Å²) in [6.07, 6.45) is 2.87. The summed E-state index contributed by atoms with van der Waals surface area (Å²) in [4.78, 5) is 47.2. The first-order valence-electron chi connectivity index (χ1n) is 11.7. The van der Waals surface area contributed by atoms with Crippen LogP contribution in [0.5, 0.6) is 11.5 Å². The van der Waals surface area contributed by atoms with Crippen molar-refractivity contribution in [1.29, 1.82) is 0 Å². The van der Waals surface area contributed by atoms with Gasteiger partial charge in [-0.05, 0) is 48.2 Å². The fraction of sp³-hybridized carbons (Fsp3) is 0.385. The fourth-order valence-electron chi connectivity index (χ4n) is 3.59. The maximum Gasteiger partial charge on any atom is 0.326 e. The summed E-state index contributed by atoms with van der Waals surface area (Å²) < 4.78 is 0. The lowest BCUT2D eigenvalue weighted by Crippen LogP contribution is -2.42. The van der Waals surface area contributed by atoms with Crippen molar-refractivity contribution in [2.75, 3.05) is 0 Å². The van der Waals surface area contributed by atoms with Crippen LogP contribution < -0.4 is 10.6 Å². The second-order valence-electron chi connectivity index (χ2n) is 8.57. The highest BCUT2D eigenvalue weighted by Crippen LogP contribution is 2.13. The molecule has 0 aliphatic carbocycles. The molecular weight excluding hydrogens is 468 g/mol. The number of carboxylic acids is 2. The highest BCUT2D eigenvalue weighted by atomic mass is 16.4. The molecule has 0 aliphatic rings. The quantitative estimate of drug-likeness (QED) is 0.202. The van der Waals surface area contributed by atoms with Gasteiger partial charge in [0, 0.05) is 25.7 Å². The molecule has 0 fully saturated rings. The topological polar surface area (TPSA) is 173 Å². The zero-order valence-electron chi connectivity index (χ0n) is 19.9. The van der Waals surface area contributed by atoms with Crippen molar-refractivity contribution in [3.05, 3.63) is 59.7 Å². The number of aromatic hydroxyl groups is 2. The summed E-state index contributed by atoms with van der Waals surface area (Å²) in [7, 11) is 0. The van der Waals surface area contributed by atoms with Gasteiger partial charge in [-0.3, -0.25) is 9.59 Å². The average Bonchev–Trinajstić information content (AvgIpc) is 2.83. The average molecular weight is 501 g/mol. The Balaban J connectivity index is 1.64. The van der Waals surface area contributed by atoms with E-state index in [0.29, 0.717) is 36.8 Å². The van der Waals surface area contributed by atoms with E-state index in [2.05, 4.69) is 10.6 Å². The summed E-state index contributed by atoms with van der Waals surface area (Å²) in [5, 5.41) is 42.4. The van der Waals surface area contributed by atoms with E-state index in [-0.39, 0.29) is 49.0 Å². The first-order chi connectivity index (χ1) is 17.1. The van der Waals surface area contributed by atoms with Gasteiger partial charge in [-0.2, -0.15) is 0 Å². The second-order valence-corrected chi connectivity index (χ2v) is 8.57. The van der Waals surface area contributed by atoms with E-state index >= 15 is 0 Å². The third kappa shape index (κ3) is 10.5. The van der Waals surface area contributed by atoms with Crippen LogP contribution in [0.15, 0.2) is 48.5 Å². The molecule has 0 bridgehead atoms. The molecule has 194 valence electrons. The predicted octanol–water partition coefficient (Wildman–Crippen LogP) is 2.36. The summed E-state index contributed by atoms with van der Waals surface area (Å²) in [6.45, 7) is 0. The van der Waals surface area contributed by atoms with Gasteiger partial charge >= 0.3 is 11.9 Å². The van der Waals surface area contributed by atoms with Crippen LogP contribution in [0, 0.1) is 0 Å². The van der Waals surface area contributed by atoms with Gasteiger partial charge in [-0.15, -0.1) is 0 Å². The Hall–Kier alpha value is -4.08. The number of carbonyl (C=O) groups is 4. The molecule has 0 saturated heterocycles. The number of amides is 2. The summed E-state index contributed by atoms with van der Waals surface area (Å²) in [6, 6.07) is 10.0. The Morgan fingerprint density at radius 1 is 0.583 bits per heavy atom. The van der Waals surface area contributed by atoms with Crippen LogP contribution in [-0.4, -0.2) is 56.3 Å². The van der Waals surface area contributed by atoms with Crippen LogP contribution >= 0.6 is 0 Å². The number of benzene rings is 2. The van der Waals surface area contributed by atoms with Gasteiger partial charge in [-0.25, -0.2) is 9.59 Å². The largest absolute Gasteiger partial charge is 0.508 e. The predicted molar refractivity (Wildman–Crippen MR) is 130 cm³/mol. The molecule has 0 aliphatic heterocycles. The number of phenolic OH excluding ortho intramolecular Hbond substituents is 2. The molecule has 0 heterocycles. The molecule has 0 saturated carbocycles. The Kier molecular flexibility index (Phi) is 11.2. The summed E-state index contributed by atoms with van der Waals surface area (Å²) >= 11 is 0. The molecule has 2 aromatic carbocycles. The van der Waals surface area contributed by atoms with Crippen molar-refractivity contribution in [3.63, 3.8) is 0 Å². The van der Waals surface area contributed by atoms with Gasteiger partial charge in [0.15, 0.2) is 0 Å². The molecular formula is C26H32N2O8. The molecule has 10 heteroatoms. The third-order valence-electron chi connectivity index (χ3n) is 5.58. The molecule has 2 rings (SSSR count). The normalized spacial score (nSPS) is 12.3. The lowest BCUT2D eigenvalue weighted by molar-refractivity contribution is -0.142. The van der Waals surface area contributed by atoms with Crippen molar-refractivity contribution >= 4 is 23.8 Å². The minimum absolute atomic E-state index is 0.0722. The number of phenols is 2. The van der Waals surface area contributed by atoms with Gasteiger partial charge in [0.1, 0.15) is 23.6 Å². The van der Waals surface area contributed by atoms with Crippen molar-refractivity contribution < 1.29 is 39.6 Å². The Morgan fingerprint density at radius 2 is 0.917 bits per heavy atom. The number of aliphatic carboxylic acids is 2. The number of hydrogen-bond acceptors (Lipinski definition) is 6. The smallest absolute Gasteiger partial charge is 0.326 e. The number of rotatable bonds is 15. The SMILES string of the molecule is O=C(CCCCCCC(=O)N[C@@H](Cc1ccc(O)cc1)C(=O)O)N[C@@H](Cc1ccc(O)cc1)C(=O)O. The molecule has 10 nitrogen and oxygen atoms in total. The third-order valence-corrected chi connectivity index (χ3v) is 5.58. The molecule has 0 radical (unpaired) electrons. The molecule has 2 amide bonds. The van der Waals surface area contributed by atoms with Crippen LogP contribution in [0.25, 0.3) is 0 Å². The summed E-state index contributed by atoms with van der Waals surface area (Å²) in [5.74, 6) is -2.90. The van der Waals surface area contributed by atoms with Crippen molar-refractivity contribution in [1.82, 2.24) is 10.6 Å². The lowest BCUT2D eigenvalue weighted by Gasteiger charge is -2.15. The Labute approximate surface area is 209 Å². The van der Waals surface area contributed by atoms with E-state index in [1.54, 1.807) is 24.3 Å². The van der Waals surface area contributed by atoms with E-state index in [1.165, 1.54) is 24.3 Å². The van der Waals surface area contributed by atoms with E-state index in [4.69, 9.17) is 0 Å². The standard InChI is InChI=1S/C26H32N2O8/c29-19-11-7-17(8-12-19)15-21(25(33)34)27-23(31)5-3-1-2-4-6-24(32)28-22(26(35)36)16-18-9-13-20(30)14-10-18/h7-14,21-22,29-30H,1-6,15-16H2,(H,27,31)(H,28,32)(H,33,34)(H,35,36)/t21-,22-/m0/s1. The van der Waals surface area contributed by atoms with Crippen LogP contribution in [0.4, 0.5) is 0 Å². The van der Waals surface area contributed by atoms with Gasteiger partial charge in [-0.1, -0.05) is 37.1 Å². The minimum atomic E-state index is -1.15. The van der Waals surface area contributed by atoms with Crippen molar-refractivity contribution in [3.8, 4) is 11.5 Å².